The fraction of sp³-hybridized carbons (Fsp3) is 0.769. The highest BCUT2D eigenvalue weighted by molar-refractivity contribution is 5.90. The number of carbonyl (C=O) groups is 3. The molecule has 0 spiro atoms. The first-order chi connectivity index (χ1) is 9.04. The Labute approximate surface area is 112 Å². The van der Waals surface area contributed by atoms with Crippen molar-refractivity contribution >= 4 is 17.8 Å². The van der Waals surface area contributed by atoms with Crippen LogP contribution in [0.4, 0.5) is 0 Å². The molecule has 0 aromatic rings. The molecule has 2 N–H and O–H groups in total. The second-order valence-corrected chi connectivity index (χ2v) is 5.29. The van der Waals surface area contributed by atoms with Gasteiger partial charge in [0.15, 0.2) is 0 Å². The highest BCUT2D eigenvalue weighted by Gasteiger charge is 2.39. The fourth-order valence-corrected chi connectivity index (χ4v) is 3.05. The molecule has 106 valence electrons. The van der Waals surface area contributed by atoms with Crippen molar-refractivity contribution in [1.29, 1.82) is 0 Å². The van der Waals surface area contributed by atoms with Crippen LogP contribution in [0.25, 0.3) is 0 Å². The number of hydrogen-bond donors (Lipinski definition) is 2. The van der Waals surface area contributed by atoms with Gasteiger partial charge in [-0.2, -0.15) is 0 Å². The number of amides is 2. The first-order valence-electron chi connectivity index (χ1n) is 6.85. The zero-order valence-electron chi connectivity index (χ0n) is 11.1. The number of piperazine rings is 1. The maximum atomic E-state index is 12.4. The Hall–Kier alpha value is -1.59. The van der Waals surface area contributed by atoms with Gasteiger partial charge in [0, 0.05) is 19.0 Å². The number of carboxylic acid groups (broad SMARTS) is 1. The van der Waals surface area contributed by atoms with Crippen LogP contribution in [0.2, 0.25) is 0 Å². The van der Waals surface area contributed by atoms with Gasteiger partial charge in [0.2, 0.25) is 11.8 Å². The lowest BCUT2D eigenvalue weighted by Gasteiger charge is -2.36. The van der Waals surface area contributed by atoms with Gasteiger partial charge in [0.05, 0.1) is 5.92 Å². The van der Waals surface area contributed by atoms with Gasteiger partial charge in [-0.1, -0.05) is 6.92 Å². The van der Waals surface area contributed by atoms with Crippen LogP contribution >= 0.6 is 0 Å². The lowest BCUT2D eigenvalue weighted by atomic mass is 10.0. The molecule has 2 fully saturated rings. The minimum Gasteiger partial charge on any atom is -0.481 e. The lowest BCUT2D eigenvalue weighted by Crippen LogP contribution is -2.58. The van der Waals surface area contributed by atoms with Crippen molar-refractivity contribution in [1.82, 2.24) is 10.2 Å². The molecule has 0 bridgehead atoms. The molecule has 19 heavy (non-hydrogen) atoms. The van der Waals surface area contributed by atoms with Crippen LogP contribution in [0, 0.1) is 11.8 Å². The standard InChI is InChI=1S/C13H20N2O4/c1-2-10-11(16)14-5-6-15(10)12(17)8-3-4-9(7-8)13(18)19/h8-10H,2-7H2,1H3,(H,14,16)(H,18,19). The Morgan fingerprint density at radius 3 is 2.63 bits per heavy atom. The van der Waals surface area contributed by atoms with E-state index in [2.05, 4.69) is 5.32 Å². The number of nitrogens with zero attached hydrogens (tertiary/aromatic N) is 1. The van der Waals surface area contributed by atoms with E-state index < -0.39 is 17.9 Å². The van der Waals surface area contributed by atoms with Crippen molar-refractivity contribution in [2.24, 2.45) is 11.8 Å². The summed E-state index contributed by atoms with van der Waals surface area (Å²) >= 11 is 0. The summed E-state index contributed by atoms with van der Waals surface area (Å²) in [7, 11) is 0. The Morgan fingerprint density at radius 1 is 1.37 bits per heavy atom. The highest BCUT2D eigenvalue weighted by atomic mass is 16.4. The molecule has 1 saturated heterocycles. The summed E-state index contributed by atoms with van der Waals surface area (Å²) in [6.45, 7) is 2.89. The average molecular weight is 268 g/mol. The van der Waals surface area contributed by atoms with Gasteiger partial charge in [-0.15, -0.1) is 0 Å². The minimum absolute atomic E-state index is 0.0505. The molecular formula is C13H20N2O4. The van der Waals surface area contributed by atoms with E-state index in [9.17, 15) is 14.4 Å². The molecule has 6 nitrogen and oxygen atoms in total. The topological polar surface area (TPSA) is 86.7 Å². The van der Waals surface area contributed by atoms with Gasteiger partial charge in [-0.05, 0) is 25.7 Å². The van der Waals surface area contributed by atoms with Crippen molar-refractivity contribution in [3.05, 3.63) is 0 Å². The first kappa shape index (κ1) is 13.8. The predicted octanol–water partition coefficient (Wildman–Crippen LogP) is 0.224. The third-order valence-electron chi connectivity index (χ3n) is 4.13. The van der Waals surface area contributed by atoms with E-state index in [1.54, 1.807) is 4.90 Å². The molecule has 1 saturated carbocycles. The molecule has 2 rings (SSSR count). The summed E-state index contributed by atoms with van der Waals surface area (Å²) in [5.74, 6) is -1.62. The smallest absolute Gasteiger partial charge is 0.306 e. The third-order valence-corrected chi connectivity index (χ3v) is 4.13. The zero-order valence-corrected chi connectivity index (χ0v) is 11.1. The van der Waals surface area contributed by atoms with E-state index in [-0.39, 0.29) is 17.7 Å². The molecule has 0 aromatic heterocycles. The molecule has 3 atom stereocenters. The van der Waals surface area contributed by atoms with Gasteiger partial charge >= 0.3 is 5.97 Å². The third kappa shape index (κ3) is 2.72. The average Bonchev–Trinajstić information content (AvgIpc) is 2.87. The van der Waals surface area contributed by atoms with E-state index in [4.69, 9.17) is 5.11 Å². The molecule has 2 amide bonds. The van der Waals surface area contributed by atoms with E-state index in [1.807, 2.05) is 6.92 Å². The summed E-state index contributed by atoms with van der Waals surface area (Å²) in [5, 5.41) is 11.7. The second-order valence-electron chi connectivity index (χ2n) is 5.29. The van der Waals surface area contributed by atoms with E-state index >= 15 is 0 Å². The number of carbonyl (C=O) groups excluding carboxylic acids is 2. The Bertz CT molecular complexity index is 396. The molecule has 6 heteroatoms. The monoisotopic (exact) mass is 268 g/mol. The maximum absolute atomic E-state index is 12.4. The van der Waals surface area contributed by atoms with Crippen LogP contribution in [0.3, 0.4) is 0 Å². The van der Waals surface area contributed by atoms with Crippen LogP contribution in [0.5, 0.6) is 0 Å². The van der Waals surface area contributed by atoms with Crippen LogP contribution in [-0.2, 0) is 14.4 Å². The van der Waals surface area contributed by atoms with Crippen LogP contribution in [-0.4, -0.2) is 46.9 Å². The summed E-state index contributed by atoms with van der Waals surface area (Å²) in [5.41, 5.74) is 0. The van der Waals surface area contributed by atoms with Gasteiger partial charge in [0.25, 0.3) is 0 Å². The number of rotatable bonds is 3. The lowest BCUT2D eigenvalue weighted by molar-refractivity contribution is -0.146. The van der Waals surface area contributed by atoms with Gasteiger partial charge < -0.3 is 15.3 Å². The largest absolute Gasteiger partial charge is 0.481 e. The molecule has 1 heterocycles. The van der Waals surface area contributed by atoms with Crippen molar-refractivity contribution < 1.29 is 19.5 Å². The quantitative estimate of drug-likeness (QED) is 0.767. The second kappa shape index (κ2) is 5.59. The Kier molecular flexibility index (Phi) is 4.07. The number of carboxylic acids is 1. The van der Waals surface area contributed by atoms with Crippen LogP contribution in [0.15, 0.2) is 0 Å². The Balaban J connectivity index is 2.03. The van der Waals surface area contributed by atoms with Gasteiger partial charge in [-0.3, -0.25) is 14.4 Å². The fourth-order valence-electron chi connectivity index (χ4n) is 3.05. The molecule has 1 aliphatic heterocycles. The van der Waals surface area contributed by atoms with Gasteiger partial charge in [0.1, 0.15) is 6.04 Å². The molecule has 3 unspecified atom stereocenters. The SMILES string of the molecule is CCC1C(=O)NCCN1C(=O)C1CCC(C(=O)O)C1. The van der Waals surface area contributed by atoms with E-state index in [0.717, 1.165) is 0 Å². The summed E-state index contributed by atoms with van der Waals surface area (Å²) in [6.07, 6.45) is 2.17. The number of aliphatic carboxylic acids is 1. The number of nitrogens with one attached hydrogen (secondary N) is 1. The van der Waals surface area contributed by atoms with Crippen molar-refractivity contribution in [3.8, 4) is 0 Å². The van der Waals surface area contributed by atoms with Crippen LogP contribution in [0.1, 0.15) is 32.6 Å². The van der Waals surface area contributed by atoms with E-state index in [1.165, 1.54) is 0 Å². The molecule has 0 radical (unpaired) electrons. The molecule has 2 aliphatic rings. The summed E-state index contributed by atoms with van der Waals surface area (Å²) < 4.78 is 0. The summed E-state index contributed by atoms with van der Waals surface area (Å²) in [6, 6.07) is -0.398. The van der Waals surface area contributed by atoms with Crippen molar-refractivity contribution in [2.45, 2.75) is 38.6 Å². The van der Waals surface area contributed by atoms with Crippen molar-refractivity contribution in [3.63, 3.8) is 0 Å². The Morgan fingerprint density at radius 2 is 2.05 bits per heavy atom. The zero-order chi connectivity index (χ0) is 14.0. The summed E-state index contributed by atoms with van der Waals surface area (Å²) in [4.78, 5) is 36.7. The highest BCUT2D eigenvalue weighted by Crippen LogP contribution is 2.33. The van der Waals surface area contributed by atoms with E-state index in [0.29, 0.717) is 38.8 Å². The number of hydrogen-bond acceptors (Lipinski definition) is 3. The van der Waals surface area contributed by atoms with Gasteiger partial charge in [-0.25, -0.2) is 0 Å². The molecular weight excluding hydrogens is 248 g/mol. The van der Waals surface area contributed by atoms with Crippen molar-refractivity contribution in [2.75, 3.05) is 13.1 Å². The molecule has 0 aromatic carbocycles. The van der Waals surface area contributed by atoms with Crippen LogP contribution < -0.4 is 5.32 Å². The predicted molar refractivity (Wildman–Crippen MR) is 67.3 cm³/mol. The normalized spacial score (nSPS) is 31.1. The minimum atomic E-state index is -0.821. The molecule has 1 aliphatic carbocycles. The maximum Gasteiger partial charge on any atom is 0.306 e. The first-order valence-corrected chi connectivity index (χ1v) is 6.85.